The van der Waals surface area contributed by atoms with E-state index in [0.29, 0.717) is 6.04 Å². The second kappa shape index (κ2) is 6.02. The number of nitrogens with one attached hydrogen (secondary N) is 1. The summed E-state index contributed by atoms with van der Waals surface area (Å²) < 4.78 is 0. The fraction of sp³-hybridized carbons (Fsp3) is 1.00. The van der Waals surface area contributed by atoms with Gasteiger partial charge in [0.2, 0.25) is 0 Å². The van der Waals surface area contributed by atoms with Crippen molar-refractivity contribution in [1.29, 1.82) is 0 Å². The van der Waals surface area contributed by atoms with Crippen molar-refractivity contribution < 1.29 is 0 Å². The van der Waals surface area contributed by atoms with Crippen molar-refractivity contribution in [2.75, 3.05) is 6.54 Å². The second-order valence-electron chi connectivity index (χ2n) is 6.69. The molecule has 0 radical (unpaired) electrons. The van der Waals surface area contributed by atoms with Crippen LogP contribution in [0.1, 0.15) is 59.8 Å². The van der Waals surface area contributed by atoms with Gasteiger partial charge in [-0.2, -0.15) is 0 Å². The van der Waals surface area contributed by atoms with Crippen molar-refractivity contribution in [2.24, 2.45) is 17.1 Å². The first kappa shape index (κ1) is 14.0. The van der Waals surface area contributed by atoms with Gasteiger partial charge in [0.15, 0.2) is 0 Å². The highest BCUT2D eigenvalue weighted by Crippen LogP contribution is 2.23. The third-order valence-corrected chi connectivity index (χ3v) is 4.00. The van der Waals surface area contributed by atoms with Gasteiger partial charge in [-0.25, -0.2) is 0 Å². The van der Waals surface area contributed by atoms with Gasteiger partial charge in [-0.1, -0.05) is 40.5 Å². The highest BCUT2D eigenvalue weighted by atomic mass is 14.9. The molecule has 96 valence electrons. The minimum atomic E-state index is 0.213. The zero-order chi connectivity index (χ0) is 12.2. The topological polar surface area (TPSA) is 38.0 Å². The lowest BCUT2D eigenvalue weighted by Gasteiger charge is -2.29. The van der Waals surface area contributed by atoms with Crippen LogP contribution >= 0.6 is 0 Å². The van der Waals surface area contributed by atoms with Crippen LogP contribution < -0.4 is 11.1 Å². The third-order valence-electron chi connectivity index (χ3n) is 4.00. The standard InChI is InChI=1S/C14H30N2/c1-11-6-5-7-12(9-8-11)16-10-13(15)14(2,3)4/h11-13,16H,5-10,15H2,1-4H3. The number of hydrogen-bond acceptors (Lipinski definition) is 2. The van der Waals surface area contributed by atoms with Crippen molar-refractivity contribution in [1.82, 2.24) is 5.32 Å². The van der Waals surface area contributed by atoms with E-state index in [1.54, 1.807) is 0 Å². The molecule has 16 heavy (non-hydrogen) atoms. The van der Waals surface area contributed by atoms with Crippen molar-refractivity contribution in [3.05, 3.63) is 0 Å². The van der Waals surface area contributed by atoms with Crippen LogP contribution in [-0.2, 0) is 0 Å². The molecule has 0 heterocycles. The highest BCUT2D eigenvalue weighted by molar-refractivity contribution is 4.81. The Kier molecular flexibility index (Phi) is 5.26. The molecule has 2 heteroatoms. The quantitative estimate of drug-likeness (QED) is 0.726. The normalized spacial score (nSPS) is 29.8. The van der Waals surface area contributed by atoms with Crippen LogP contribution in [0.15, 0.2) is 0 Å². The predicted octanol–water partition coefficient (Wildman–Crippen LogP) is 2.92. The lowest BCUT2D eigenvalue weighted by atomic mass is 9.87. The fourth-order valence-electron chi connectivity index (χ4n) is 2.29. The molecule has 0 aliphatic heterocycles. The zero-order valence-corrected chi connectivity index (χ0v) is 11.6. The van der Waals surface area contributed by atoms with E-state index in [1.165, 1.54) is 32.1 Å². The molecule has 1 fully saturated rings. The van der Waals surface area contributed by atoms with Crippen LogP contribution in [0.3, 0.4) is 0 Å². The van der Waals surface area contributed by atoms with Crippen LogP contribution in [0, 0.1) is 11.3 Å². The van der Waals surface area contributed by atoms with Gasteiger partial charge in [-0.05, 0) is 30.6 Å². The lowest BCUT2D eigenvalue weighted by Crippen LogP contribution is -2.46. The van der Waals surface area contributed by atoms with Crippen molar-refractivity contribution in [2.45, 2.75) is 71.9 Å². The molecule has 1 aliphatic carbocycles. The molecule has 0 amide bonds. The summed E-state index contributed by atoms with van der Waals surface area (Å²) in [6.07, 6.45) is 6.83. The Morgan fingerprint density at radius 1 is 1.19 bits per heavy atom. The second-order valence-corrected chi connectivity index (χ2v) is 6.69. The SMILES string of the molecule is CC1CCCC(NCC(N)C(C)(C)C)CC1. The van der Waals surface area contributed by atoms with Crippen molar-refractivity contribution >= 4 is 0 Å². The first-order chi connectivity index (χ1) is 7.39. The molecule has 3 N–H and O–H groups in total. The van der Waals surface area contributed by atoms with Crippen molar-refractivity contribution in [3.8, 4) is 0 Å². The lowest BCUT2D eigenvalue weighted by molar-refractivity contribution is 0.294. The van der Waals surface area contributed by atoms with Gasteiger partial charge in [0, 0.05) is 18.6 Å². The minimum absolute atomic E-state index is 0.213. The Bertz CT molecular complexity index is 195. The van der Waals surface area contributed by atoms with Gasteiger partial charge in [0.25, 0.3) is 0 Å². The molecule has 3 atom stereocenters. The molecule has 1 aliphatic rings. The smallest absolute Gasteiger partial charge is 0.0214 e. The summed E-state index contributed by atoms with van der Waals surface area (Å²) in [6, 6.07) is 0.964. The van der Waals surface area contributed by atoms with E-state index in [0.717, 1.165) is 12.5 Å². The van der Waals surface area contributed by atoms with Gasteiger partial charge >= 0.3 is 0 Å². The van der Waals surface area contributed by atoms with Crippen LogP contribution in [0.25, 0.3) is 0 Å². The summed E-state index contributed by atoms with van der Waals surface area (Å²) in [5.74, 6) is 0.920. The Balaban J connectivity index is 2.27. The van der Waals surface area contributed by atoms with E-state index in [9.17, 15) is 0 Å². The fourth-order valence-corrected chi connectivity index (χ4v) is 2.29. The number of hydrogen-bond donors (Lipinski definition) is 2. The maximum Gasteiger partial charge on any atom is 0.0214 e. The maximum absolute atomic E-state index is 6.17. The van der Waals surface area contributed by atoms with E-state index in [2.05, 4.69) is 33.0 Å². The van der Waals surface area contributed by atoms with Gasteiger partial charge in [0.1, 0.15) is 0 Å². The molecule has 3 unspecified atom stereocenters. The molecule has 1 saturated carbocycles. The Hall–Kier alpha value is -0.0800. The molecule has 0 aromatic rings. The van der Waals surface area contributed by atoms with E-state index in [-0.39, 0.29) is 11.5 Å². The third kappa shape index (κ3) is 4.84. The summed E-state index contributed by atoms with van der Waals surface area (Å²) in [5.41, 5.74) is 6.39. The Morgan fingerprint density at radius 3 is 2.50 bits per heavy atom. The van der Waals surface area contributed by atoms with Gasteiger partial charge in [0.05, 0.1) is 0 Å². The average molecular weight is 226 g/mol. The largest absolute Gasteiger partial charge is 0.326 e. The van der Waals surface area contributed by atoms with Crippen LogP contribution in [0.5, 0.6) is 0 Å². The minimum Gasteiger partial charge on any atom is -0.326 e. The monoisotopic (exact) mass is 226 g/mol. The van der Waals surface area contributed by atoms with E-state index in [4.69, 9.17) is 5.73 Å². The molecule has 0 aromatic heterocycles. The molecule has 0 bridgehead atoms. The average Bonchev–Trinajstić information content (AvgIpc) is 2.38. The molecule has 0 spiro atoms. The van der Waals surface area contributed by atoms with Crippen LogP contribution in [-0.4, -0.2) is 18.6 Å². The van der Waals surface area contributed by atoms with E-state index >= 15 is 0 Å². The molecule has 0 aromatic carbocycles. The summed E-state index contributed by atoms with van der Waals surface area (Å²) in [6.45, 7) is 9.99. The number of nitrogens with two attached hydrogens (primary N) is 1. The Labute approximate surface area is 101 Å². The van der Waals surface area contributed by atoms with Crippen LogP contribution in [0.2, 0.25) is 0 Å². The summed E-state index contributed by atoms with van der Waals surface area (Å²) in [4.78, 5) is 0. The summed E-state index contributed by atoms with van der Waals surface area (Å²) in [5, 5.41) is 3.66. The molecule has 2 nitrogen and oxygen atoms in total. The summed E-state index contributed by atoms with van der Waals surface area (Å²) >= 11 is 0. The first-order valence-electron chi connectivity index (χ1n) is 6.88. The molecule has 0 saturated heterocycles. The van der Waals surface area contributed by atoms with Crippen molar-refractivity contribution in [3.63, 3.8) is 0 Å². The first-order valence-corrected chi connectivity index (χ1v) is 6.88. The van der Waals surface area contributed by atoms with E-state index < -0.39 is 0 Å². The van der Waals surface area contributed by atoms with Crippen LogP contribution in [0.4, 0.5) is 0 Å². The Morgan fingerprint density at radius 2 is 1.88 bits per heavy atom. The molecular weight excluding hydrogens is 196 g/mol. The molecular formula is C14H30N2. The molecule has 1 rings (SSSR count). The maximum atomic E-state index is 6.17. The number of rotatable bonds is 3. The highest BCUT2D eigenvalue weighted by Gasteiger charge is 2.22. The van der Waals surface area contributed by atoms with Gasteiger partial charge in [-0.3, -0.25) is 0 Å². The zero-order valence-electron chi connectivity index (χ0n) is 11.6. The van der Waals surface area contributed by atoms with E-state index in [1.807, 2.05) is 0 Å². The summed E-state index contributed by atoms with van der Waals surface area (Å²) in [7, 11) is 0. The van der Waals surface area contributed by atoms with Gasteiger partial charge in [-0.15, -0.1) is 0 Å². The predicted molar refractivity (Wildman–Crippen MR) is 71.5 cm³/mol. The van der Waals surface area contributed by atoms with Gasteiger partial charge < -0.3 is 11.1 Å².